The fourth-order valence-corrected chi connectivity index (χ4v) is 2.95. The molecule has 0 spiro atoms. The number of benzene rings is 2. The number of nitrogens with one attached hydrogen (secondary N) is 1. The number of carbonyl (C=O) groups is 1. The Bertz CT molecular complexity index is 839. The van der Waals surface area contributed by atoms with E-state index in [1.165, 1.54) is 6.21 Å². The first kappa shape index (κ1) is 20.8. The van der Waals surface area contributed by atoms with Crippen molar-refractivity contribution in [2.24, 2.45) is 5.10 Å². The van der Waals surface area contributed by atoms with Gasteiger partial charge in [-0.3, -0.25) is 4.79 Å². The van der Waals surface area contributed by atoms with E-state index in [9.17, 15) is 9.90 Å². The van der Waals surface area contributed by atoms with Crippen LogP contribution >= 0.6 is 22.6 Å². The number of hydrogen-bond donors (Lipinski definition) is 2. The summed E-state index contributed by atoms with van der Waals surface area (Å²) in [5.41, 5.74) is 3.96. The maximum atomic E-state index is 12.1. The Hall–Kier alpha value is -2.49. The van der Waals surface area contributed by atoms with Crippen LogP contribution in [0.5, 0.6) is 23.0 Å². The van der Waals surface area contributed by atoms with Gasteiger partial charge in [0.2, 0.25) is 5.91 Å². The lowest BCUT2D eigenvalue weighted by Crippen LogP contribution is -2.19. The molecule has 0 aliphatic rings. The van der Waals surface area contributed by atoms with Crippen molar-refractivity contribution in [1.29, 1.82) is 0 Å². The highest BCUT2D eigenvalue weighted by Crippen LogP contribution is 2.32. The van der Waals surface area contributed by atoms with E-state index in [1.54, 1.807) is 44.6 Å². The van der Waals surface area contributed by atoms with Gasteiger partial charge >= 0.3 is 0 Å². The average molecular weight is 484 g/mol. The summed E-state index contributed by atoms with van der Waals surface area (Å²) >= 11 is 2.01. The van der Waals surface area contributed by atoms with E-state index in [1.807, 2.05) is 29.5 Å². The van der Waals surface area contributed by atoms with Gasteiger partial charge in [-0.15, -0.1) is 0 Å². The summed E-state index contributed by atoms with van der Waals surface area (Å²) in [4.78, 5) is 12.1. The van der Waals surface area contributed by atoms with Crippen LogP contribution in [0.4, 0.5) is 0 Å². The van der Waals surface area contributed by atoms with Crippen LogP contribution in [0.15, 0.2) is 35.4 Å². The molecule has 0 heterocycles. The number of aromatic hydroxyl groups is 1. The van der Waals surface area contributed by atoms with Gasteiger partial charge in [-0.05, 0) is 64.9 Å². The Labute approximate surface area is 171 Å². The molecule has 7 nitrogen and oxygen atoms in total. The number of methoxy groups -OCH3 is 2. The number of hydrogen-bond acceptors (Lipinski definition) is 6. The molecule has 2 rings (SSSR count). The number of halogens is 1. The highest BCUT2D eigenvalue weighted by Gasteiger charge is 2.09. The monoisotopic (exact) mass is 484 g/mol. The normalized spacial score (nSPS) is 10.7. The largest absolute Gasteiger partial charge is 0.504 e. The molecule has 0 unspecified atom stereocenters. The van der Waals surface area contributed by atoms with Gasteiger partial charge in [-0.1, -0.05) is 6.07 Å². The van der Waals surface area contributed by atoms with E-state index in [2.05, 4.69) is 10.5 Å². The number of nitrogens with zero attached hydrogens (tertiary/aromatic N) is 1. The average Bonchev–Trinajstić information content (AvgIpc) is 2.65. The highest BCUT2D eigenvalue weighted by molar-refractivity contribution is 14.1. The van der Waals surface area contributed by atoms with Gasteiger partial charge in [0.05, 0.1) is 37.0 Å². The zero-order valence-electron chi connectivity index (χ0n) is 15.3. The summed E-state index contributed by atoms with van der Waals surface area (Å²) in [6.07, 6.45) is 1.64. The van der Waals surface area contributed by atoms with Gasteiger partial charge in [0.1, 0.15) is 0 Å². The topological polar surface area (TPSA) is 89.4 Å². The summed E-state index contributed by atoms with van der Waals surface area (Å²) in [5.74, 6) is 1.37. The van der Waals surface area contributed by atoms with Crippen molar-refractivity contribution in [3.63, 3.8) is 0 Å². The minimum atomic E-state index is -0.267. The molecular weight excluding hydrogens is 463 g/mol. The second-order valence-corrected chi connectivity index (χ2v) is 6.60. The SMILES string of the molecule is CCOc1cc(/C=N/NC(=O)Cc2ccc(OC)c(OC)c2)cc(I)c1O. The summed E-state index contributed by atoms with van der Waals surface area (Å²) in [6.45, 7) is 2.27. The Morgan fingerprint density at radius 3 is 2.59 bits per heavy atom. The number of hydrazone groups is 1. The fraction of sp³-hybridized carbons (Fsp3) is 0.263. The van der Waals surface area contributed by atoms with Crippen molar-refractivity contribution in [3.8, 4) is 23.0 Å². The van der Waals surface area contributed by atoms with Gasteiger partial charge in [0.25, 0.3) is 0 Å². The number of rotatable bonds is 8. The lowest BCUT2D eigenvalue weighted by atomic mass is 10.1. The maximum absolute atomic E-state index is 12.1. The minimum absolute atomic E-state index is 0.0899. The molecule has 1 amide bonds. The molecule has 0 bridgehead atoms. The second kappa shape index (κ2) is 10.0. The maximum Gasteiger partial charge on any atom is 0.244 e. The lowest BCUT2D eigenvalue weighted by Gasteiger charge is -2.09. The molecule has 27 heavy (non-hydrogen) atoms. The summed E-state index contributed by atoms with van der Waals surface area (Å²) in [6, 6.07) is 8.69. The van der Waals surface area contributed by atoms with Crippen LogP contribution in [0.3, 0.4) is 0 Å². The van der Waals surface area contributed by atoms with Gasteiger partial charge in [-0.2, -0.15) is 5.10 Å². The Balaban J connectivity index is 2.01. The third-order valence-corrected chi connectivity index (χ3v) is 4.39. The third kappa shape index (κ3) is 5.75. The molecule has 144 valence electrons. The molecule has 0 atom stereocenters. The molecule has 8 heteroatoms. The van der Waals surface area contributed by atoms with Gasteiger partial charge in [-0.25, -0.2) is 5.43 Å². The molecule has 0 saturated heterocycles. The quantitative estimate of drug-likeness (QED) is 0.342. The van der Waals surface area contributed by atoms with Crippen LogP contribution in [-0.4, -0.2) is 38.1 Å². The zero-order valence-corrected chi connectivity index (χ0v) is 17.4. The minimum Gasteiger partial charge on any atom is -0.504 e. The van der Waals surface area contributed by atoms with Crippen LogP contribution in [-0.2, 0) is 11.2 Å². The first-order chi connectivity index (χ1) is 13.0. The predicted molar refractivity (Wildman–Crippen MR) is 111 cm³/mol. The van der Waals surface area contributed by atoms with Crippen molar-refractivity contribution in [1.82, 2.24) is 5.43 Å². The predicted octanol–water partition coefficient (Wildman–Crippen LogP) is 3.11. The molecule has 0 saturated carbocycles. The lowest BCUT2D eigenvalue weighted by molar-refractivity contribution is -0.120. The molecule has 0 aliphatic heterocycles. The molecule has 2 aromatic rings. The van der Waals surface area contributed by atoms with Crippen molar-refractivity contribution < 1.29 is 24.1 Å². The zero-order chi connectivity index (χ0) is 19.8. The summed E-state index contributed by atoms with van der Waals surface area (Å²) in [5, 5.41) is 13.9. The van der Waals surface area contributed by atoms with E-state index in [4.69, 9.17) is 14.2 Å². The summed E-state index contributed by atoms with van der Waals surface area (Å²) < 4.78 is 16.4. The Morgan fingerprint density at radius 2 is 1.93 bits per heavy atom. The molecule has 2 N–H and O–H groups in total. The van der Waals surface area contributed by atoms with Gasteiger partial charge in [0, 0.05) is 0 Å². The van der Waals surface area contributed by atoms with E-state index in [0.717, 1.165) is 5.56 Å². The third-order valence-electron chi connectivity index (χ3n) is 3.57. The number of ether oxygens (including phenoxy) is 3. The van der Waals surface area contributed by atoms with Crippen molar-refractivity contribution in [2.45, 2.75) is 13.3 Å². The molecule has 0 fully saturated rings. The van der Waals surface area contributed by atoms with Crippen LogP contribution in [0, 0.1) is 3.57 Å². The Kier molecular flexibility index (Phi) is 7.71. The molecule has 0 aliphatic carbocycles. The first-order valence-corrected chi connectivity index (χ1v) is 9.24. The molecule has 2 aromatic carbocycles. The van der Waals surface area contributed by atoms with Crippen molar-refractivity contribution in [2.75, 3.05) is 20.8 Å². The van der Waals surface area contributed by atoms with Crippen molar-refractivity contribution in [3.05, 3.63) is 45.0 Å². The van der Waals surface area contributed by atoms with E-state index in [-0.39, 0.29) is 18.1 Å². The number of amides is 1. The van der Waals surface area contributed by atoms with E-state index >= 15 is 0 Å². The first-order valence-electron chi connectivity index (χ1n) is 8.16. The van der Waals surface area contributed by atoms with E-state index in [0.29, 0.717) is 33.0 Å². The van der Waals surface area contributed by atoms with Crippen LogP contribution < -0.4 is 19.6 Å². The van der Waals surface area contributed by atoms with Gasteiger partial charge < -0.3 is 19.3 Å². The molecule has 0 radical (unpaired) electrons. The number of carbonyl (C=O) groups excluding carboxylic acids is 1. The van der Waals surface area contributed by atoms with Crippen LogP contribution in [0.25, 0.3) is 0 Å². The van der Waals surface area contributed by atoms with Gasteiger partial charge in [0.15, 0.2) is 23.0 Å². The van der Waals surface area contributed by atoms with Crippen LogP contribution in [0.2, 0.25) is 0 Å². The second-order valence-electron chi connectivity index (χ2n) is 5.44. The Morgan fingerprint density at radius 1 is 1.19 bits per heavy atom. The fourth-order valence-electron chi connectivity index (χ4n) is 2.33. The summed E-state index contributed by atoms with van der Waals surface area (Å²) in [7, 11) is 3.10. The standard InChI is InChI=1S/C19H21IN2O5/c1-4-27-17-9-13(7-14(20)19(17)24)11-21-22-18(23)10-12-5-6-15(25-2)16(8-12)26-3/h5-9,11,24H,4,10H2,1-3H3,(H,22,23)/b21-11+. The smallest absolute Gasteiger partial charge is 0.244 e. The molecule has 0 aromatic heterocycles. The van der Waals surface area contributed by atoms with E-state index < -0.39 is 0 Å². The van der Waals surface area contributed by atoms with Crippen molar-refractivity contribution >= 4 is 34.7 Å². The number of phenols is 1. The highest BCUT2D eigenvalue weighted by atomic mass is 127. The number of phenolic OH excluding ortho intramolecular Hbond substituents is 1. The molecular formula is C19H21IN2O5. The van der Waals surface area contributed by atoms with Crippen LogP contribution in [0.1, 0.15) is 18.1 Å².